The zero-order valence-corrected chi connectivity index (χ0v) is 12.3. The van der Waals surface area contributed by atoms with Crippen LogP contribution in [0.15, 0.2) is 52.1 Å². The molecule has 0 saturated heterocycles. The van der Waals surface area contributed by atoms with Gasteiger partial charge in [0, 0.05) is 0 Å². The van der Waals surface area contributed by atoms with E-state index in [-0.39, 0.29) is 12.1 Å². The summed E-state index contributed by atoms with van der Waals surface area (Å²) in [5.41, 5.74) is 0.468. The first-order chi connectivity index (χ1) is 10.1. The molecule has 4 nitrogen and oxygen atoms in total. The van der Waals surface area contributed by atoms with Crippen molar-refractivity contribution in [3.05, 3.63) is 78.9 Å². The van der Waals surface area contributed by atoms with Gasteiger partial charge in [-0.15, -0.1) is 0 Å². The Morgan fingerprint density at radius 1 is 1.00 bits per heavy atom. The van der Waals surface area contributed by atoms with Crippen molar-refractivity contribution in [3.8, 4) is 0 Å². The number of fused-ring (bicyclic) bond motifs is 1. The molecule has 106 valence electrons. The van der Waals surface area contributed by atoms with Crippen LogP contribution in [-0.4, -0.2) is 9.55 Å². The molecule has 0 aliphatic rings. The summed E-state index contributed by atoms with van der Waals surface area (Å²) < 4.78 is 1.14. The number of hydrogen-bond acceptors (Lipinski definition) is 2. The van der Waals surface area contributed by atoms with Crippen LogP contribution in [-0.2, 0) is 6.54 Å². The number of halogens is 2. The first kappa shape index (κ1) is 13.9. The maximum Gasteiger partial charge on any atom is 0.329 e. The number of nitrogens with zero attached hydrogens (tertiary/aromatic N) is 1. The van der Waals surface area contributed by atoms with Crippen LogP contribution in [0, 0.1) is 0 Å². The van der Waals surface area contributed by atoms with Gasteiger partial charge in [-0.25, -0.2) is 4.79 Å². The average molecular weight is 321 g/mol. The van der Waals surface area contributed by atoms with Crippen molar-refractivity contribution < 1.29 is 0 Å². The Balaban J connectivity index is 2.14. The second-order valence-corrected chi connectivity index (χ2v) is 5.43. The van der Waals surface area contributed by atoms with Crippen LogP contribution in [0.2, 0.25) is 10.0 Å². The smallest absolute Gasteiger partial charge is 0.307 e. The van der Waals surface area contributed by atoms with Gasteiger partial charge < -0.3 is 4.98 Å². The molecular weight excluding hydrogens is 311 g/mol. The lowest BCUT2D eigenvalue weighted by Gasteiger charge is -2.07. The summed E-state index contributed by atoms with van der Waals surface area (Å²) >= 11 is 11.8. The Morgan fingerprint density at radius 3 is 2.52 bits per heavy atom. The van der Waals surface area contributed by atoms with Crippen molar-refractivity contribution in [1.82, 2.24) is 9.55 Å². The van der Waals surface area contributed by atoms with Crippen LogP contribution in [0.5, 0.6) is 0 Å². The molecule has 0 spiro atoms. The van der Waals surface area contributed by atoms with E-state index in [9.17, 15) is 9.59 Å². The van der Waals surface area contributed by atoms with E-state index in [0.29, 0.717) is 20.9 Å². The summed E-state index contributed by atoms with van der Waals surface area (Å²) in [7, 11) is 0. The topological polar surface area (TPSA) is 54.9 Å². The van der Waals surface area contributed by atoms with Crippen LogP contribution in [0.4, 0.5) is 0 Å². The number of hydrogen-bond donors (Lipinski definition) is 1. The Kier molecular flexibility index (Phi) is 3.57. The Morgan fingerprint density at radius 2 is 1.76 bits per heavy atom. The summed E-state index contributed by atoms with van der Waals surface area (Å²) in [5, 5.41) is 1.29. The third-order valence-electron chi connectivity index (χ3n) is 3.21. The quantitative estimate of drug-likeness (QED) is 0.789. The molecule has 3 rings (SSSR count). The molecule has 0 radical (unpaired) electrons. The zero-order valence-electron chi connectivity index (χ0n) is 10.8. The van der Waals surface area contributed by atoms with Gasteiger partial charge in [-0.3, -0.25) is 9.36 Å². The van der Waals surface area contributed by atoms with Gasteiger partial charge in [-0.1, -0.05) is 41.4 Å². The van der Waals surface area contributed by atoms with Crippen LogP contribution in [0.3, 0.4) is 0 Å². The van der Waals surface area contributed by atoms with Crippen molar-refractivity contribution in [2.45, 2.75) is 6.54 Å². The minimum Gasteiger partial charge on any atom is -0.307 e. The molecule has 0 bridgehead atoms. The summed E-state index contributed by atoms with van der Waals surface area (Å²) in [6, 6.07) is 11.9. The molecule has 1 N–H and O–H groups in total. The number of H-pyrrole nitrogens is 1. The average Bonchev–Trinajstić information content (AvgIpc) is 2.47. The Hall–Kier alpha value is -2.04. The minimum absolute atomic E-state index is 0.135. The predicted octanol–water partition coefficient (Wildman–Crippen LogP) is 3.04. The molecule has 0 aliphatic carbocycles. The highest BCUT2D eigenvalue weighted by atomic mass is 35.5. The number of aromatic nitrogens is 2. The second-order valence-electron chi connectivity index (χ2n) is 4.62. The maximum absolute atomic E-state index is 12.4. The van der Waals surface area contributed by atoms with E-state index in [1.54, 1.807) is 42.5 Å². The van der Waals surface area contributed by atoms with Gasteiger partial charge in [-0.05, 0) is 29.8 Å². The van der Waals surface area contributed by atoms with E-state index < -0.39 is 5.69 Å². The summed E-state index contributed by atoms with van der Waals surface area (Å²) in [6.45, 7) is 0.135. The van der Waals surface area contributed by atoms with Gasteiger partial charge in [-0.2, -0.15) is 0 Å². The number of aromatic amines is 1. The fraction of sp³-hybridized carbons (Fsp3) is 0.0667. The third kappa shape index (κ3) is 2.60. The molecule has 3 aromatic rings. The highest BCUT2D eigenvalue weighted by molar-refractivity contribution is 6.42. The molecule has 0 fully saturated rings. The molecule has 2 aromatic carbocycles. The van der Waals surface area contributed by atoms with Crippen LogP contribution in [0.1, 0.15) is 5.56 Å². The second kappa shape index (κ2) is 5.39. The maximum atomic E-state index is 12.4. The lowest BCUT2D eigenvalue weighted by Crippen LogP contribution is -2.35. The van der Waals surface area contributed by atoms with E-state index >= 15 is 0 Å². The van der Waals surface area contributed by atoms with Gasteiger partial charge in [0.15, 0.2) is 0 Å². The summed E-state index contributed by atoms with van der Waals surface area (Å²) in [6.07, 6.45) is 0. The fourth-order valence-corrected chi connectivity index (χ4v) is 2.48. The van der Waals surface area contributed by atoms with Gasteiger partial charge in [0.05, 0.1) is 27.5 Å². The molecule has 0 unspecified atom stereocenters. The van der Waals surface area contributed by atoms with E-state index in [1.807, 2.05) is 0 Å². The van der Waals surface area contributed by atoms with Crippen molar-refractivity contribution >= 4 is 34.1 Å². The van der Waals surface area contributed by atoms with Crippen molar-refractivity contribution in [3.63, 3.8) is 0 Å². The molecule has 0 amide bonds. The van der Waals surface area contributed by atoms with Gasteiger partial charge >= 0.3 is 5.69 Å². The van der Waals surface area contributed by atoms with Gasteiger partial charge in [0.25, 0.3) is 5.56 Å². The Bertz CT molecular complexity index is 944. The summed E-state index contributed by atoms with van der Waals surface area (Å²) in [5.74, 6) is 0. The highest BCUT2D eigenvalue weighted by Gasteiger charge is 2.08. The molecule has 0 aliphatic heterocycles. The third-order valence-corrected chi connectivity index (χ3v) is 3.95. The van der Waals surface area contributed by atoms with Gasteiger partial charge in [0.2, 0.25) is 0 Å². The molecular formula is C15H10Cl2N2O2. The number of benzene rings is 2. The minimum atomic E-state index is -0.454. The lowest BCUT2D eigenvalue weighted by atomic mass is 10.2. The van der Waals surface area contributed by atoms with Gasteiger partial charge in [0.1, 0.15) is 0 Å². The Labute approximate surface area is 129 Å². The van der Waals surface area contributed by atoms with E-state index in [2.05, 4.69) is 4.98 Å². The first-order valence-electron chi connectivity index (χ1n) is 6.22. The monoisotopic (exact) mass is 320 g/mol. The molecule has 1 heterocycles. The van der Waals surface area contributed by atoms with Crippen LogP contribution < -0.4 is 11.2 Å². The normalized spacial score (nSPS) is 11.0. The molecule has 21 heavy (non-hydrogen) atoms. The summed E-state index contributed by atoms with van der Waals surface area (Å²) in [4.78, 5) is 27.1. The zero-order chi connectivity index (χ0) is 15.0. The van der Waals surface area contributed by atoms with Crippen LogP contribution >= 0.6 is 23.2 Å². The van der Waals surface area contributed by atoms with Crippen molar-refractivity contribution in [2.75, 3.05) is 0 Å². The van der Waals surface area contributed by atoms with Crippen LogP contribution in [0.25, 0.3) is 10.9 Å². The molecule has 1 aromatic heterocycles. The van der Waals surface area contributed by atoms with Crippen molar-refractivity contribution in [1.29, 1.82) is 0 Å². The number of para-hydroxylation sites is 1. The highest BCUT2D eigenvalue weighted by Crippen LogP contribution is 2.22. The van der Waals surface area contributed by atoms with E-state index in [4.69, 9.17) is 23.2 Å². The first-order valence-corrected chi connectivity index (χ1v) is 6.97. The number of rotatable bonds is 2. The van der Waals surface area contributed by atoms with E-state index in [1.165, 1.54) is 0 Å². The predicted molar refractivity (Wildman–Crippen MR) is 84.4 cm³/mol. The standard InChI is InChI=1S/C15H10Cl2N2O2/c16-11-6-5-9(7-12(11)17)8-19-14(20)10-3-1-2-4-13(10)18-15(19)21/h1-7H,8H2,(H,18,21). The fourth-order valence-electron chi connectivity index (χ4n) is 2.16. The number of nitrogens with one attached hydrogen (secondary N) is 1. The molecule has 0 atom stereocenters. The van der Waals surface area contributed by atoms with E-state index in [0.717, 1.165) is 10.1 Å². The lowest BCUT2D eigenvalue weighted by molar-refractivity contribution is 0.712. The largest absolute Gasteiger partial charge is 0.329 e. The molecule has 0 saturated carbocycles. The molecule has 6 heteroatoms. The SMILES string of the molecule is O=c1[nH]c2ccccc2c(=O)n1Cc1ccc(Cl)c(Cl)c1. The van der Waals surface area contributed by atoms with Crippen molar-refractivity contribution in [2.24, 2.45) is 0 Å².